The highest BCUT2D eigenvalue weighted by Crippen LogP contribution is 2.29. The molecule has 1 atom stereocenters. The van der Waals surface area contributed by atoms with Crippen molar-refractivity contribution in [3.8, 4) is 17.6 Å². The summed E-state index contributed by atoms with van der Waals surface area (Å²) in [5.74, 6) is -1.05. The van der Waals surface area contributed by atoms with Gasteiger partial charge >= 0.3 is 6.61 Å². The number of carbonyl (C=O) groups is 1. The molecule has 0 bridgehead atoms. The lowest BCUT2D eigenvalue weighted by atomic mass is 10.1. The second kappa shape index (κ2) is 9.29. The van der Waals surface area contributed by atoms with E-state index >= 15 is 0 Å². The number of nitriles is 1. The van der Waals surface area contributed by atoms with Crippen LogP contribution in [0.4, 0.5) is 13.2 Å². The minimum absolute atomic E-state index is 0.0825. The van der Waals surface area contributed by atoms with Gasteiger partial charge in [-0.1, -0.05) is 18.2 Å². The van der Waals surface area contributed by atoms with E-state index in [1.165, 1.54) is 61.7 Å². The average molecular weight is 376 g/mol. The van der Waals surface area contributed by atoms with E-state index in [4.69, 9.17) is 4.74 Å². The lowest BCUT2D eigenvalue weighted by Crippen LogP contribution is -2.25. The van der Waals surface area contributed by atoms with Crippen molar-refractivity contribution in [3.05, 3.63) is 65.5 Å². The van der Waals surface area contributed by atoms with Crippen molar-refractivity contribution >= 4 is 12.0 Å². The molecule has 140 valence electrons. The zero-order chi connectivity index (χ0) is 19.8. The lowest BCUT2D eigenvalue weighted by Gasteiger charge is -2.11. The topological polar surface area (TPSA) is 71.3 Å². The molecule has 5 nitrogen and oxygen atoms in total. The Bertz CT molecular complexity index is 861. The summed E-state index contributed by atoms with van der Waals surface area (Å²) in [5.41, 5.74) is 0.940. The quantitative estimate of drug-likeness (QED) is 0.746. The molecule has 0 aliphatic rings. The Morgan fingerprint density at radius 3 is 2.48 bits per heavy atom. The highest BCUT2D eigenvalue weighted by Gasteiger charge is 2.13. The Balaban J connectivity index is 2.07. The molecule has 0 aliphatic heterocycles. The molecular weight excluding hydrogens is 361 g/mol. The van der Waals surface area contributed by atoms with Crippen LogP contribution in [0.2, 0.25) is 0 Å². The maximum absolute atomic E-state index is 12.9. The summed E-state index contributed by atoms with van der Waals surface area (Å²) in [6, 6.07) is 10.3. The van der Waals surface area contributed by atoms with Gasteiger partial charge in [0.1, 0.15) is 11.9 Å². The largest absolute Gasteiger partial charge is 0.493 e. The predicted molar refractivity (Wildman–Crippen MR) is 91.6 cm³/mol. The van der Waals surface area contributed by atoms with E-state index in [9.17, 15) is 23.2 Å². The van der Waals surface area contributed by atoms with Gasteiger partial charge in [-0.25, -0.2) is 4.39 Å². The van der Waals surface area contributed by atoms with Crippen molar-refractivity contribution in [1.82, 2.24) is 5.32 Å². The van der Waals surface area contributed by atoms with Crippen LogP contribution in [-0.2, 0) is 4.79 Å². The van der Waals surface area contributed by atoms with E-state index in [2.05, 4.69) is 10.1 Å². The van der Waals surface area contributed by atoms with Crippen molar-refractivity contribution in [3.63, 3.8) is 0 Å². The number of nitrogens with zero attached hydrogens (tertiary/aromatic N) is 1. The smallest absolute Gasteiger partial charge is 0.387 e. The number of rotatable bonds is 7. The van der Waals surface area contributed by atoms with Gasteiger partial charge in [-0.3, -0.25) is 4.79 Å². The van der Waals surface area contributed by atoms with Crippen LogP contribution in [0.5, 0.6) is 11.5 Å². The number of hydrogen-bond acceptors (Lipinski definition) is 4. The van der Waals surface area contributed by atoms with Gasteiger partial charge in [-0.05, 0) is 41.5 Å². The molecule has 27 heavy (non-hydrogen) atoms. The zero-order valence-corrected chi connectivity index (χ0v) is 14.2. The number of benzene rings is 2. The van der Waals surface area contributed by atoms with Crippen LogP contribution in [0.25, 0.3) is 6.08 Å². The molecule has 0 saturated carbocycles. The summed E-state index contributed by atoms with van der Waals surface area (Å²) >= 11 is 0. The number of methoxy groups -OCH3 is 1. The molecule has 1 N–H and O–H groups in total. The Kier molecular flexibility index (Phi) is 6.83. The molecule has 0 fully saturated rings. The summed E-state index contributed by atoms with van der Waals surface area (Å²) in [4.78, 5) is 12.0. The molecule has 2 rings (SSSR count). The predicted octanol–water partition coefficient (Wildman–Crippen LogP) is 3.83. The third-order valence-electron chi connectivity index (χ3n) is 3.45. The standard InChI is InChI=1S/C19H15F3N2O3/c1-26-17-10-12(2-8-16(17)27-19(21)22)3-9-18(25)24-15(11-23)13-4-6-14(20)7-5-13/h2-10,15,19H,1H3,(H,24,25)/b9-3+/t15-/m0/s1. The fourth-order valence-corrected chi connectivity index (χ4v) is 2.19. The average Bonchev–Trinajstić information content (AvgIpc) is 2.65. The first-order valence-electron chi connectivity index (χ1n) is 7.69. The van der Waals surface area contributed by atoms with Crippen molar-refractivity contribution in [2.75, 3.05) is 7.11 Å². The molecule has 8 heteroatoms. The van der Waals surface area contributed by atoms with Gasteiger partial charge in [0.15, 0.2) is 11.5 Å². The summed E-state index contributed by atoms with van der Waals surface area (Å²) in [5, 5.41) is 11.7. The maximum Gasteiger partial charge on any atom is 0.387 e. The van der Waals surface area contributed by atoms with E-state index in [1.807, 2.05) is 6.07 Å². The number of amides is 1. The molecule has 0 saturated heterocycles. The number of halogens is 3. The first-order chi connectivity index (χ1) is 12.9. The molecule has 0 radical (unpaired) electrons. The van der Waals surface area contributed by atoms with Gasteiger partial charge in [-0.15, -0.1) is 0 Å². The highest BCUT2D eigenvalue weighted by molar-refractivity contribution is 5.92. The summed E-state index contributed by atoms with van der Waals surface area (Å²) in [6.45, 7) is -2.99. The van der Waals surface area contributed by atoms with Crippen LogP contribution in [0, 0.1) is 17.1 Å². The normalized spacial score (nSPS) is 11.9. The fraction of sp³-hybridized carbons (Fsp3) is 0.158. The Hall–Kier alpha value is -3.47. The van der Waals surface area contributed by atoms with Gasteiger partial charge in [0.2, 0.25) is 5.91 Å². The second-order valence-corrected chi connectivity index (χ2v) is 5.24. The van der Waals surface area contributed by atoms with E-state index in [-0.39, 0.29) is 11.5 Å². The van der Waals surface area contributed by atoms with Crippen molar-refractivity contribution in [2.24, 2.45) is 0 Å². The summed E-state index contributed by atoms with van der Waals surface area (Å²) in [6.07, 6.45) is 2.60. The van der Waals surface area contributed by atoms with E-state index in [1.54, 1.807) is 0 Å². The van der Waals surface area contributed by atoms with Gasteiger partial charge in [-0.2, -0.15) is 14.0 Å². The molecule has 0 heterocycles. The number of carbonyl (C=O) groups excluding carboxylic acids is 1. The third-order valence-corrected chi connectivity index (χ3v) is 3.45. The number of nitrogens with one attached hydrogen (secondary N) is 1. The molecule has 2 aromatic rings. The molecule has 0 aromatic heterocycles. The molecule has 0 unspecified atom stereocenters. The van der Waals surface area contributed by atoms with E-state index in [0.717, 1.165) is 0 Å². The minimum atomic E-state index is -2.99. The first kappa shape index (κ1) is 19.8. The van der Waals surface area contributed by atoms with Gasteiger partial charge in [0.05, 0.1) is 13.2 Å². The second-order valence-electron chi connectivity index (χ2n) is 5.24. The maximum atomic E-state index is 12.9. The SMILES string of the molecule is COc1cc(/C=C/C(=O)N[C@@H](C#N)c2ccc(F)cc2)ccc1OC(F)F. The molecule has 2 aromatic carbocycles. The molecule has 0 aliphatic carbocycles. The zero-order valence-electron chi connectivity index (χ0n) is 14.2. The minimum Gasteiger partial charge on any atom is -0.493 e. The summed E-state index contributed by atoms with van der Waals surface area (Å²) in [7, 11) is 1.30. The van der Waals surface area contributed by atoms with Gasteiger partial charge in [0.25, 0.3) is 0 Å². The Labute approximate surface area is 153 Å². The van der Waals surface area contributed by atoms with Gasteiger partial charge < -0.3 is 14.8 Å². The number of ether oxygens (including phenoxy) is 2. The first-order valence-corrected chi connectivity index (χ1v) is 7.69. The van der Waals surface area contributed by atoms with Crippen LogP contribution < -0.4 is 14.8 Å². The molecule has 1 amide bonds. The van der Waals surface area contributed by atoms with Crippen molar-refractivity contribution in [1.29, 1.82) is 5.26 Å². The lowest BCUT2D eigenvalue weighted by molar-refractivity contribution is -0.116. The highest BCUT2D eigenvalue weighted by atomic mass is 19.3. The monoisotopic (exact) mass is 376 g/mol. The van der Waals surface area contributed by atoms with Crippen LogP contribution in [0.3, 0.4) is 0 Å². The van der Waals surface area contributed by atoms with Crippen LogP contribution in [-0.4, -0.2) is 19.6 Å². The van der Waals surface area contributed by atoms with Crippen molar-refractivity contribution in [2.45, 2.75) is 12.7 Å². The fourth-order valence-electron chi connectivity index (χ4n) is 2.19. The van der Waals surface area contributed by atoms with Crippen LogP contribution in [0.15, 0.2) is 48.5 Å². The molecular formula is C19H15F3N2O3. The van der Waals surface area contributed by atoms with Gasteiger partial charge in [0, 0.05) is 6.08 Å². The number of alkyl halides is 2. The molecule has 0 spiro atoms. The van der Waals surface area contributed by atoms with Crippen LogP contribution in [0.1, 0.15) is 17.2 Å². The Morgan fingerprint density at radius 1 is 1.19 bits per heavy atom. The Morgan fingerprint density at radius 2 is 1.89 bits per heavy atom. The summed E-state index contributed by atoms with van der Waals surface area (Å²) < 4.78 is 46.9. The third kappa shape index (κ3) is 5.78. The van der Waals surface area contributed by atoms with Crippen molar-refractivity contribution < 1.29 is 27.4 Å². The number of hydrogen-bond donors (Lipinski definition) is 1. The van der Waals surface area contributed by atoms with Crippen LogP contribution >= 0.6 is 0 Å². The van der Waals surface area contributed by atoms with E-state index < -0.39 is 24.4 Å². The van der Waals surface area contributed by atoms with E-state index in [0.29, 0.717) is 11.1 Å².